The van der Waals surface area contributed by atoms with Crippen molar-refractivity contribution in [1.29, 1.82) is 0 Å². The SMILES string of the molecule is COC(=O)CCC(C)[C@H]1CCC2C3C(CC[C@@]21C)[C@@]1(C)CC[C@H](NCCN)C[C@@H]1C[C@H]3O. The molecular weight excluding hydrogens is 400 g/mol. The number of aliphatic hydroxyl groups is 1. The third-order valence-electron chi connectivity index (χ3n) is 11.1. The van der Waals surface area contributed by atoms with Gasteiger partial charge in [0.1, 0.15) is 0 Å². The third kappa shape index (κ3) is 4.15. The Kier molecular flexibility index (Phi) is 7.30. The minimum Gasteiger partial charge on any atom is -0.469 e. The average Bonchev–Trinajstić information content (AvgIpc) is 3.13. The van der Waals surface area contributed by atoms with Gasteiger partial charge in [0.2, 0.25) is 0 Å². The Bertz CT molecular complexity index is 671. The van der Waals surface area contributed by atoms with Crippen LogP contribution in [0.25, 0.3) is 0 Å². The molecule has 4 fully saturated rings. The second-order valence-corrected chi connectivity index (χ2v) is 12.3. The molecule has 0 bridgehead atoms. The predicted molar refractivity (Wildman–Crippen MR) is 128 cm³/mol. The normalized spacial score (nSPS) is 46.6. The van der Waals surface area contributed by atoms with Crippen molar-refractivity contribution in [2.75, 3.05) is 20.2 Å². The summed E-state index contributed by atoms with van der Waals surface area (Å²) in [4.78, 5) is 11.7. The fraction of sp³-hybridized carbons (Fsp3) is 0.963. The van der Waals surface area contributed by atoms with Crippen LogP contribution in [0.3, 0.4) is 0 Å². The minimum absolute atomic E-state index is 0.0847. The van der Waals surface area contributed by atoms with Crippen LogP contribution in [0.15, 0.2) is 0 Å². The number of ether oxygens (including phenoxy) is 1. The Hall–Kier alpha value is -0.650. The molecule has 184 valence electrons. The molecule has 32 heavy (non-hydrogen) atoms. The number of hydrogen-bond acceptors (Lipinski definition) is 5. The van der Waals surface area contributed by atoms with Crippen LogP contribution in [0.4, 0.5) is 0 Å². The second kappa shape index (κ2) is 9.54. The molecule has 0 spiro atoms. The van der Waals surface area contributed by atoms with Crippen molar-refractivity contribution in [3.63, 3.8) is 0 Å². The summed E-state index contributed by atoms with van der Waals surface area (Å²) < 4.78 is 4.89. The van der Waals surface area contributed by atoms with Gasteiger partial charge in [-0.1, -0.05) is 20.8 Å². The lowest BCUT2D eigenvalue weighted by Gasteiger charge is -2.62. The molecule has 0 aliphatic heterocycles. The molecule has 4 saturated carbocycles. The molecule has 0 aromatic heterocycles. The van der Waals surface area contributed by atoms with Crippen molar-refractivity contribution in [2.45, 2.75) is 97.1 Å². The first-order valence-electron chi connectivity index (χ1n) is 13.4. The molecule has 4 aliphatic carbocycles. The van der Waals surface area contributed by atoms with Crippen LogP contribution in [0.5, 0.6) is 0 Å². The molecule has 0 radical (unpaired) electrons. The highest BCUT2D eigenvalue weighted by Crippen LogP contribution is 2.68. The number of aliphatic hydroxyl groups excluding tert-OH is 1. The minimum atomic E-state index is -0.153. The molecule has 4 unspecified atom stereocenters. The number of carbonyl (C=O) groups excluding carboxylic acids is 1. The number of rotatable bonds is 7. The highest BCUT2D eigenvalue weighted by atomic mass is 16.5. The zero-order valence-electron chi connectivity index (χ0n) is 20.9. The largest absolute Gasteiger partial charge is 0.469 e. The van der Waals surface area contributed by atoms with Crippen LogP contribution in [-0.2, 0) is 9.53 Å². The Morgan fingerprint density at radius 1 is 1.12 bits per heavy atom. The van der Waals surface area contributed by atoms with E-state index in [0.717, 1.165) is 19.4 Å². The molecule has 4 N–H and O–H groups in total. The predicted octanol–water partition coefficient (Wildman–Crippen LogP) is 4.12. The summed E-state index contributed by atoms with van der Waals surface area (Å²) >= 11 is 0. The van der Waals surface area contributed by atoms with Crippen LogP contribution in [-0.4, -0.2) is 43.4 Å². The van der Waals surface area contributed by atoms with Gasteiger partial charge in [0.05, 0.1) is 13.2 Å². The van der Waals surface area contributed by atoms with Gasteiger partial charge in [-0.25, -0.2) is 0 Å². The van der Waals surface area contributed by atoms with Crippen molar-refractivity contribution in [2.24, 2.45) is 52.1 Å². The summed E-state index contributed by atoms with van der Waals surface area (Å²) in [5.74, 6) is 3.49. The molecular formula is C27H48N2O3. The first-order valence-corrected chi connectivity index (χ1v) is 13.4. The lowest BCUT2D eigenvalue weighted by atomic mass is 9.43. The fourth-order valence-electron chi connectivity index (χ4n) is 9.32. The molecule has 5 heteroatoms. The van der Waals surface area contributed by atoms with Crippen molar-refractivity contribution in [3.8, 4) is 0 Å². The van der Waals surface area contributed by atoms with E-state index in [1.165, 1.54) is 52.1 Å². The van der Waals surface area contributed by atoms with Crippen molar-refractivity contribution >= 4 is 5.97 Å². The highest BCUT2D eigenvalue weighted by molar-refractivity contribution is 5.69. The summed E-state index contributed by atoms with van der Waals surface area (Å²) in [6.07, 6.45) is 11.1. The number of nitrogens with two attached hydrogens (primary N) is 1. The summed E-state index contributed by atoms with van der Waals surface area (Å²) in [6.45, 7) is 9.03. The first-order chi connectivity index (χ1) is 15.2. The molecule has 5 nitrogen and oxygen atoms in total. The van der Waals surface area contributed by atoms with Crippen LogP contribution >= 0.6 is 0 Å². The number of carbonyl (C=O) groups is 1. The smallest absolute Gasteiger partial charge is 0.305 e. The standard InChI is InChI=1S/C27H48N2O3/c1-17(5-8-24(31)32-4)20-6-7-21-25-22(10-12-27(20,21)3)26(2)11-9-19(29-14-13-28)15-18(26)16-23(25)30/h17-23,25,29-30H,5-16,28H2,1-4H3/t17?,18-,19+,20-,21?,22?,23-,25?,26+,27-/m1/s1. The van der Waals surface area contributed by atoms with Gasteiger partial charge in [0.25, 0.3) is 0 Å². The Morgan fingerprint density at radius 2 is 1.84 bits per heavy atom. The van der Waals surface area contributed by atoms with E-state index < -0.39 is 0 Å². The molecule has 4 rings (SSSR count). The highest BCUT2D eigenvalue weighted by Gasteiger charge is 2.62. The van der Waals surface area contributed by atoms with Crippen molar-refractivity contribution < 1.29 is 14.6 Å². The number of hydrogen-bond donors (Lipinski definition) is 3. The van der Waals surface area contributed by atoms with E-state index in [2.05, 4.69) is 26.1 Å². The monoisotopic (exact) mass is 448 g/mol. The molecule has 0 amide bonds. The topological polar surface area (TPSA) is 84.6 Å². The third-order valence-corrected chi connectivity index (χ3v) is 11.1. The van der Waals surface area contributed by atoms with Gasteiger partial charge in [-0.3, -0.25) is 4.79 Å². The maximum Gasteiger partial charge on any atom is 0.305 e. The summed E-state index contributed by atoms with van der Waals surface area (Å²) in [5.41, 5.74) is 6.40. The van der Waals surface area contributed by atoms with Gasteiger partial charge in [0.15, 0.2) is 0 Å². The van der Waals surface area contributed by atoms with Gasteiger partial charge in [-0.05, 0) is 104 Å². The number of methoxy groups -OCH3 is 1. The summed E-state index contributed by atoms with van der Waals surface area (Å²) in [5, 5.41) is 15.2. The lowest BCUT2D eigenvalue weighted by molar-refractivity contribution is -0.167. The van der Waals surface area contributed by atoms with Crippen LogP contribution in [0.1, 0.15) is 85.0 Å². The average molecular weight is 449 g/mol. The zero-order valence-corrected chi connectivity index (χ0v) is 20.9. The van der Waals surface area contributed by atoms with E-state index in [4.69, 9.17) is 10.5 Å². The van der Waals surface area contributed by atoms with Gasteiger partial charge in [0, 0.05) is 25.6 Å². The molecule has 0 aromatic rings. The Labute approximate surface area is 195 Å². The molecule has 0 saturated heterocycles. The molecule has 4 aliphatic rings. The number of esters is 1. The van der Waals surface area contributed by atoms with Crippen LogP contribution in [0.2, 0.25) is 0 Å². The van der Waals surface area contributed by atoms with Gasteiger partial charge < -0.3 is 20.9 Å². The lowest BCUT2D eigenvalue weighted by Crippen LogP contribution is -2.59. The van der Waals surface area contributed by atoms with E-state index >= 15 is 0 Å². The Balaban J connectivity index is 1.48. The van der Waals surface area contributed by atoms with Crippen LogP contribution in [0, 0.1) is 46.3 Å². The number of nitrogens with one attached hydrogen (secondary N) is 1. The fourth-order valence-corrected chi connectivity index (χ4v) is 9.32. The van der Waals surface area contributed by atoms with Crippen LogP contribution < -0.4 is 11.1 Å². The quantitative estimate of drug-likeness (QED) is 0.510. The zero-order chi connectivity index (χ0) is 23.1. The van der Waals surface area contributed by atoms with E-state index in [-0.39, 0.29) is 12.1 Å². The molecule has 0 aromatic carbocycles. The summed E-state index contributed by atoms with van der Waals surface area (Å²) in [6, 6.07) is 0.570. The first kappa shape index (κ1) is 24.5. The molecule has 10 atom stereocenters. The van der Waals surface area contributed by atoms with Crippen molar-refractivity contribution in [3.05, 3.63) is 0 Å². The van der Waals surface area contributed by atoms with E-state index in [1.807, 2.05) is 0 Å². The van der Waals surface area contributed by atoms with Crippen molar-refractivity contribution in [1.82, 2.24) is 5.32 Å². The van der Waals surface area contributed by atoms with Gasteiger partial charge >= 0.3 is 5.97 Å². The van der Waals surface area contributed by atoms with Gasteiger partial charge in [-0.15, -0.1) is 0 Å². The van der Waals surface area contributed by atoms with Gasteiger partial charge in [-0.2, -0.15) is 0 Å². The van der Waals surface area contributed by atoms with E-state index in [9.17, 15) is 9.90 Å². The second-order valence-electron chi connectivity index (χ2n) is 12.3. The maximum atomic E-state index is 11.7. The summed E-state index contributed by atoms with van der Waals surface area (Å²) in [7, 11) is 1.49. The van der Waals surface area contributed by atoms with E-state index in [1.54, 1.807) is 0 Å². The molecule has 0 heterocycles. The maximum absolute atomic E-state index is 11.7. The number of fused-ring (bicyclic) bond motifs is 5. The Morgan fingerprint density at radius 3 is 2.56 bits per heavy atom. The van der Waals surface area contributed by atoms with E-state index in [0.29, 0.717) is 65.3 Å².